The van der Waals surface area contributed by atoms with Crippen LogP contribution < -0.4 is 32.3 Å². The van der Waals surface area contributed by atoms with E-state index in [1.54, 1.807) is 24.3 Å². The number of nitrogens with zero attached hydrogens (tertiary/aromatic N) is 12. The summed E-state index contributed by atoms with van der Waals surface area (Å²) < 4.78 is 107. The van der Waals surface area contributed by atoms with Crippen LogP contribution in [0.5, 0.6) is 0 Å². The predicted molar refractivity (Wildman–Crippen MR) is 364 cm³/mol. The third kappa shape index (κ3) is 17.0. The van der Waals surface area contributed by atoms with Crippen LogP contribution in [0.4, 0.5) is 31.8 Å². The number of imidazole rings is 2. The zero-order valence-corrected chi connectivity index (χ0v) is 57.6. The lowest BCUT2D eigenvalue weighted by atomic mass is 9.95. The van der Waals surface area contributed by atoms with Gasteiger partial charge in [0.2, 0.25) is 23.6 Å². The van der Waals surface area contributed by atoms with E-state index in [0.717, 1.165) is 66.4 Å². The van der Waals surface area contributed by atoms with Crippen molar-refractivity contribution in [3.05, 3.63) is 109 Å². The van der Waals surface area contributed by atoms with Crippen molar-refractivity contribution in [3.63, 3.8) is 0 Å². The van der Waals surface area contributed by atoms with E-state index >= 15 is 13.3 Å². The van der Waals surface area contributed by atoms with Crippen LogP contribution in [-0.2, 0) is 91.0 Å². The predicted octanol–water partition coefficient (Wildman–Crippen LogP) is 9.48. The normalized spacial score (nSPS) is 22.6. The van der Waals surface area contributed by atoms with E-state index in [1.165, 1.54) is 21.8 Å². The van der Waals surface area contributed by atoms with Gasteiger partial charge in [-0.15, -0.1) is 14.1 Å². The maximum absolute atomic E-state index is 17.0. The van der Waals surface area contributed by atoms with Gasteiger partial charge in [0, 0.05) is 59.5 Å². The highest BCUT2D eigenvalue weighted by molar-refractivity contribution is 8.54. The largest absolute Gasteiger partial charge is 0.697 e. The molecule has 522 valence electrons. The zero-order valence-electron chi connectivity index (χ0n) is 53.2. The molecule has 7 N–H and O–H groups in total. The number of anilines is 4. The molecule has 5 aromatic heterocycles. The number of amides is 4. The number of nitrogen functional groups attached to an aromatic ring is 2. The SMILES string of the molecule is Nc1ncnc2c1ncn2[C@@H]1O[C@@H]2COP(=O)(SCc3ccc(NC(=O)CNC(=O)CCCCCn4nnc5c4-c4ccccc4N(C(=O)CCCCC(=O)NCCCCCCOP=S)Cc4ccccc4-5)cc3)O[C@H]3[C@@H](F)[C@H](n4cnc5c(N)ncnc54)O[C@@H]3CO[P+](=O)O[C@H]2[C@H]1F. The molecular weight excluding hydrogens is 1390 g/mol. The first kappa shape index (κ1) is 71.0. The molecule has 0 spiro atoms. The summed E-state index contributed by atoms with van der Waals surface area (Å²) in [6, 6.07) is 22.1. The third-order valence-corrected chi connectivity index (χ3v) is 22.1. The van der Waals surface area contributed by atoms with Crippen molar-refractivity contribution in [1.29, 1.82) is 0 Å². The van der Waals surface area contributed by atoms with Gasteiger partial charge in [0.25, 0.3) is 0 Å². The van der Waals surface area contributed by atoms with Crippen molar-refractivity contribution in [3.8, 4) is 22.5 Å². The van der Waals surface area contributed by atoms with Crippen molar-refractivity contribution in [2.24, 2.45) is 0 Å². The Hall–Kier alpha value is -7.84. The van der Waals surface area contributed by atoms with Gasteiger partial charge in [-0.2, -0.15) is 0 Å². The summed E-state index contributed by atoms with van der Waals surface area (Å²) >= 11 is 5.45. The number of halogens is 2. The van der Waals surface area contributed by atoms with Crippen LogP contribution in [0, 0.1) is 0 Å². The monoisotopic (exact) mass is 1460 g/mol. The highest BCUT2D eigenvalue weighted by Crippen LogP contribution is 2.64. The lowest BCUT2D eigenvalue weighted by Gasteiger charge is -2.29. The minimum Gasteiger partial charge on any atom is -0.382 e. The summed E-state index contributed by atoms with van der Waals surface area (Å²) in [4.78, 5) is 79.4. The molecule has 8 aromatic rings. The van der Waals surface area contributed by atoms with Crippen LogP contribution >= 0.6 is 34.0 Å². The van der Waals surface area contributed by atoms with Crippen LogP contribution in [-0.4, -0.2) is 147 Å². The summed E-state index contributed by atoms with van der Waals surface area (Å²) in [5, 5.41) is 17.7. The molecule has 0 saturated carbocycles. The van der Waals surface area contributed by atoms with Crippen LogP contribution in [0.2, 0.25) is 0 Å². The number of alkyl halides is 2. The number of aryl methyl sites for hydroxylation is 1. The quantitative estimate of drug-likeness (QED) is 0.0236. The Labute approximate surface area is 577 Å². The topological polar surface area (TPSA) is 376 Å². The molecule has 4 aliphatic heterocycles. The number of hydrogen-bond acceptors (Lipinski definition) is 25. The van der Waals surface area contributed by atoms with E-state index in [4.69, 9.17) is 55.4 Å². The number of nitrogens with two attached hydrogens (primary N) is 2. The Morgan fingerprint density at radius 2 is 1.36 bits per heavy atom. The number of unbranched alkanes of at least 4 members (excludes halogenated alkanes) is 6. The van der Waals surface area contributed by atoms with Gasteiger partial charge in [0.15, 0.2) is 53.8 Å². The molecule has 4 aliphatic rings. The van der Waals surface area contributed by atoms with Crippen LogP contribution in [0.15, 0.2) is 98.1 Å². The molecule has 3 saturated heterocycles. The molecule has 0 bridgehead atoms. The molecule has 2 unspecified atom stereocenters. The van der Waals surface area contributed by atoms with Crippen molar-refractivity contribution < 1.29 is 69.2 Å². The molecule has 12 rings (SSSR count). The highest BCUT2D eigenvalue weighted by atomic mass is 32.7. The van der Waals surface area contributed by atoms with Crippen molar-refractivity contribution in [2.45, 2.75) is 145 Å². The summed E-state index contributed by atoms with van der Waals surface area (Å²) in [5.41, 5.74) is 18.3. The van der Waals surface area contributed by atoms with Crippen LogP contribution in [0.25, 0.3) is 44.8 Å². The molecule has 3 fully saturated rings. The summed E-state index contributed by atoms with van der Waals surface area (Å²) in [6.45, 7) is -4.15. The fraction of sp³-hybridized carbons (Fsp3) is 0.452. The van der Waals surface area contributed by atoms with E-state index in [-0.39, 0.29) is 76.8 Å². The molecule has 30 nitrogen and oxygen atoms in total. The smallest absolute Gasteiger partial charge is 0.382 e. The first-order valence-electron chi connectivity index (χ1n) is 32.2. The number of fused-ring (bicyclic) bond motifs is 9. The zero-order chi connectivity index (χ0) is 69.0. The Balaban J connectivity index is 0.628. The second-order valence-corrected chi connectivity index (χ2v) is 29.5. The van der Waals surface area contributed by atoms with Gasteiger partial charge in [-0.05, 0) is 91.0 Å². The number of hydrogen-bond donors (Lipinski definition) is 5. The number of para-hydroxylation sites is 1. The summed E-state index contributed by atoms with van der Waals surface area (Å²) in [5.74, 6) is -0.913. The minimum absolute atomic E-state index is 0.0190. The van der Waals surface area contributed by atoms with Crippen molar-refractivity contribution in [1.82, 2.24) is 64.7 Å². The molecular formula is C62H71F2N17O13P3S2+. The van der Waals surface area contributed by atoms with Crippen LogP contribution in [0.1, 0.15) is 101 Å². The second-order valence-electron chi connectivity index (χ2n) is 23.7. The fourth-order valence-corrected chi connectivity index (χ4v) is 16.7. The van der Waals surface area contributed by atoms with Gasteiger partial charge in [-0.1, -0.05) is 79.1 Å². The van der Waals surface area contributed by atoms with Gasteiger partial charge in [-0.25, -0.2) is 47.9 Å². The van der Waals surface area contributed by atoms with Gasteiger partial charge >= 0.3 is 15.1 Å². The van der Waals surface area contributed by atoms with Gasteiger partial charge in [0.1, 0.15) is 61.9 Å². The highest BCUT2D eigenvalue weighted by Gasteiger charge is 2.56. The van der Waals surface area contributed by atoms with E-state index in [2.05, 4.69) is 56.2 Å². The van der Waals surface area contributed by atoms with Crippen molar-refractivity contribution in [2.75, 3.05) is 54.6 Å². The lowest BCUT2D eigenvalue weighted by Crippen LogP contribution is -2.36. The first-order valence-corrected chi connectivity index (χ1v) is 38.3. The molecule has 3 aromatic carbocycles. The van der Waals surface area contributed by atoms with E-state index in [1.807, 2.05) is 58.1 Å². The summed E-state index contributed by atoms with van der Waals surface area (Å²) in [6.07, 6.45) is -0.991. The standard InChI is InChI=1S/C62H70F2N17O13P3S2/c63-49-55-44(92-61(49)79-35-73-52-57(65)69-33-71-59(52)79)31-90-97(87,94-56-43(30-89-96(86)93-55)91-62(50(56)64)80-36-74-53-58(66)70-34-72-60(53)80)99-32-37-21-23-39(24-22-37)75-47(84)28-68-46(83)18-4-3-12-26-81-54-41-16-7-8-17-42(41)78(29-38-14-5-6-15-40(38)51(54)76-77-81)48(85)20-10-9-19-45(82)67-25-11-1-2-13-27-88-95-98/h5-8,14-17,21-24,33-36,43-44,49-50,55-56,61-62H,1-4,9-13,18-20,25-32H2,(H6-,65,66,67,68,69,70,71,72,75,82,83,84)/p+1/t43-,44-,49-,50-,55-,56-,61-,62-,97?/m1/s1. The summed E-state index contributed by atoms with van der Waals surface area (Å²) in [7, 11) is -2.62. The maximum Gasteiger partial charge on any atom is 0.697 e. The fourth-order valence-electron chi connectivity index (χ4n) is 12.1. The molecule has 0 aliphatic carbocycles. The minimum atomic E-state index is -4.58. The number of carbonyl (C=O) groups excluding carboxylic acids is 4. The first-order chi connectivity index (χ1) is 48.1. The number of ether oxygens (including phenoxy) is 2. The number of carbonyl (C=O) groups is 4. The molecule has 99 heavy (non-hydrogen) atoms. The average Bonchev–Trinajstić information content (AvgIpc) is 1.68. The van der Waals surface area contributed by atoms with Gasteiger partial charge < -0.3 is 46.3 Å². The molecule has 9 heterocycles. The molecule has 37 heteroatoms. The van der Waals surface area contributed by atoms with E-state index in [9.17, 15) is 23.7 Å². The third-order valence-electron chi connectivity index (χ3n) is 17.1. The average molecular weight is 1460 g/mol. The van der Waals surface area contributed by atoms with E-state index < -0.39 is 83.4 Å². The molecule has 4 amide bonds. The number of benzene rings is 3. The molecule has 0 radical (unpaired) electrons. The van der Waals surface area contributed by atoms with E-state index in [0.29, 0.717) is 101 Å². The Kier molecular flexibility index (Phi) is 23.7. The number of nitrogens with one attached hydrogen (secondary N) is 3. The Morgan fingerprint density at radius 1 is 0.727 bits per heavy atom. The Morgan fingerprint density at radius 3 is 2.09 bits per heavy atom. The number of aromatic nitrogens is 11. The second kappa shape index (κ2) is 33.1. The number of rotatable bonds is 27. The lowest BCUT2D eigenvalue weighted by molar-refractivity contribution is -0.124. The Bertz CT molecular complexity index is 4280. The maximum atomic E-state index is 17.0. The molecule has 10 atom stereocenters. The van der Waals surface area contributed by atoms with Gasteiger partial charge in [-0.3, -0.25) is 37.4 Å². The van der Waals surface area contributed by atoms with Crippen molar-refractivity contribution >= 4 is 115 Å². The van der Waals surface area contributed by atoms with Crippen LogP contribution in [0.3, 0.4) is 0 Å². The van der Waals surface area contributed by atoms with Gasteiger partial charge in [0.05, 0.1) is 50.3 Å².